The zero-order valence-electron chi connectivity index (χ0n) is 10.7. The number of carbonyl (C=O) groups is 2. The molecule has 1 unspecified atom stereocenters. The van der Waals surface area contributed by atoms with Crippen molar-refractivity contribution in [2.24, 2.45) is 0 Å². The number of hydrogen-bond acceptors (Lipinski definition) is 3. The molecule has 2 amide bonds. The molecule has 1 aromatic carbocycles. The fraction of sp³-hybridized carbons (Fsp3) is 0.429. The molecule has 1 fully saturated rings. The van der Waals surface area contributed by atoms with Gasteiger partial charge in [0, 0.05) is 13.0 Å². The normalized spacial score (nSPS) is 16.8. The second-order valence-electron chi connectivity index (χ2n) is 4.56. The molecule has 96 valence electrons. The van der Waals surface area contributed by atoms with E-state index in [0.717, 1.165) is 12.0 Å². The summed E-state index contributed by atoms with van der Waals surface area (Å²) in [6, 6.07) is 7.50. The lowest BCUT2D eigenvalue weighted by Gasteiger charge is -2.19. The van der Waals surface area contributed by atoms with Crippen molar-refractivity contribution >= 4 is 11.8 Å². The minimum absolute atomic E-state index is 0.0978. The number of likely N-dealkylation sites (tertiary alicyclic amines) is 1. The lowest BCUT2D eigenvalue weighted by molar-refractivity contribution is -0.146. The smallest absolute Gasteiger partial charge is 0.269 e. The number of imide groups is 1. The van der Waals surface area contributed by atoms with Crippen LogP contribution in [0.2, 0.25) is 0 Å². The van der Waals surface area contributed by atoms with Gasteiger partial charge in [0.1, 0.15) is 5.75 Å². The van der Waals surface area contributed by atoms with E-state index in [-0.39, 0.29) is 11.8 Å². The van der Waals surface area contributed by atoms with E-state index in [9.17, 15) is 9.59 Å². The summed E-state index contributed by atoms with van der Waals surface area (Å²) in [5, 5.41) is 0. The van der Waals surface area contributed by atoms with E-state index in [1.807, 2.05) is 31.2 Å². The number of ether oxygens (including phenoxy) is 1. The largest absolute Gasteiger partial charge is 0.481 e. The van der Waals surface area contributed by atoms with Crippen LogP contribution in [-0.2, 0) is 9.59 Å². The van der Waals surface area contributed by atoms with E-state index < -0.39 is 6.10 Å². The van der Waals surface area contributed by atoms with E-state index in [1.165, 1.54) is 4.90 Å². The Balaban J connectivity index is 1.99. The highest BCUT2D eigenvalue weighted by Gasteiger charge is 2.30. The standard InChI is InChI=1S/C14H17NO3/c1-10-5-7-12(8-6-10)18-11(2)14(17)15-9-3-4-13(15)16/h5-8,11H,3-4,9H2,1-2H3. The van der Waals surface area contributed by atoms with Crippen molar-refractivity contribution in [1.29, 1.82) is 0 Å². The molecule has 1 atom stereocenters. The van der Waals surface area contributed by atoms with Gasteiger partial charge in [-0.05, 0) is 32.4 Å². The maximum Gasteiger partial charge on any atom is 0.269 e. The second kappa shape index (κ2) is 5.21. The first kappa shape index (κ1) is 12.6. The first-order valence-corrected chi connectivity index (χ1v) is 6.15. The predicted octanol–water partition coefficient (Wildman–Crippen LogP) is 1.91. The van der Waals surface area contributed by atoms with Gasteiger partial charge in [-0.2, -0.15) is 0 Å². The van der Waals surface area contributed by atoms with Crippen molar-refractivity contribution in [3.05, 3.63) is 29.8 Å². The molecule has 18 heavy (non-hydrogen) atoms. The van der Waals surface area contributed by atoms with Gasteiger partial charge in [-0.1, -0.05) is 17.7 Å². The predicted molar refractivity (Wildman–Crippen MR) is 67.2 cm³/mol. The Labute approximate surface area is 107 Å². The molecular weight excluding hydrogens is 230 g/mol. The molecule has 1 aliphatic heterocycles. The fourth-order valence-corrected chi connectivity index (χ4v) is 1.97. The highest BCUT2D eigenvalue weighted by Crippen LogP contribution is 2.16. The number of hydrogen-bond donors (Lipinski definition) is 0. The van der Waals surface area contributed by atoms with Crippen molar-refractivity contribution in [2.45, 2.75) is 32.8 Å². The minimum atomic E-state index is -0.630. The molecule has 0 saturated carbocycles. The topological polar surface area (TPSA) is 46.6 Å². The van der Waals surface area contributed by atoms with Crippen LogP contribution in [0.25, 0.3) is 0 Å². The minimum Gasteiger partial charge on any atom is -0.481 e. The molecular formula is C14H17NO3. The van der Waals surface area contributed by atoms with Crippen LogP contribution in [-0.4, -0.2) is 29.4 Å². The molecule has 1 saturated heterocycles. The van der Waals surface area contributed by atoms with Crippen LogP contribution < -0.4 is 4.74 Å². The lowest BCUT2D eigenvalue weighted by atomic mass is 10.2. The summed E-state index contributed by atoms with van der Waals surface area (Å²) < 4.78 is 5.55. The van der Waals surface area contributed by atoms with Gasteiger partial charge in [-0.3, -0.25) is 14.5 Å². The van der Waals surface area contributed by atoms with Crippen LogP contribution in [0.15, 0.2) is 24.3 Å². The third-order valence-corrected chi connectivity index (χ3v) is 3.02. The fourth-order valence-electron chi connectivity index (χ4n) is 1.97. The van der Waals surface area contributed by atoms with Crippen molar-refractivity contribution in [1.82, 2.24) is 4.90 Å². The lowest BCUT2D eigenvalue weighted by Crippen LogP contribution is -2.41. The van der Waals surface area contributed by atoms with Gasteiger partial charge in [-0.25, -0.2) is 0 Å². The number of aryl methyl sites for hydroxylation is 1. The van der Waals surface area contributed by atoms with Gasteiger partial charge in [0.15, 0.2) is 6.10 Å². The van der Waals surface area contributed by atoms with Crippen LogP contribution in [0.3, 0.4) is 0 Å². The van der Waals surface area contributed by atoms with Crippen LogP contribution in [0.1, 0.15) is 25.3 Å². The van der Waals surface area contributed by atoms with Crippen molar-refractivity contribution in [3.63, 3.8) is 0 Å². The summed E-state index contributed by atoms with van der Waals surface area (Å²) in [6.07, 6.45) is 0.583. The zero-order chi connectivity index (χ0) is 13.1. The molecule has 1 aliphatic rings. The first-order valence-electron chi connectivity index (χ1n) is 6.15. The van der Waals surface area contributed by atoms with Gasteiger partial charge >= 0.3 is 0 Å². The summed E-state index contributed by atoms with van der Waals surface area (Å²) in [7, 11) is 0. The molecule has 0 aliphatic carbocycles. The Morgan fingerprint density at radius 1 is 1.33 bits per heavy atom. The third kappa shape index (κ3) is 2.70. The quantitative estimate of drug-likeness (QED) is 0.819. The van der Waals surface area contributed by atoms with Gasteiger partial charge in [-0.15, -0.1) is 0 Å². The van der Waals surface area contributed by atoms with Gasteiger partial charge < -0.3 is 4.74 Å². The Kier molecular flexibility index (Phi) is 3.65. The number of rotatable bonds is 3. The molecule has 0 radical (unpaired) electrons. The molecule has 0 aromatic heterocycles. The molecule has 4 nitrogen and oxygen atoms in total. The molecule has 2 rings (SSSR count). The summed E-state index contributed by atoms with van der Waals surface area (Å²) in [5.41, 5.74) is 1.14. The van der Waals surface area contributed by atoms with E-state index >= 15 is 0 Å². The molecule has 1 aromatic rings. The van der Waals surface area contributed by atoms with Crippen molar-refractivity contribution < 1.29 is 14.3 Å². The molecule has 4 heteroatoms. The van der Waals surface area contributed by atoms with Crippen LogP contribution in [0.5, 0.6) is 5.75 Å². The number of benzene rings is 1. The second-order valence-corrected chi connectivity index (χ2v) is 4.56. The van der Waals surface area contributed by atoms with E-state index in [4.69, 9.17) is 4.74 Å². The summed E-state index contributed by atoms with van der Waals surface area (Å²) in [4.78, 5) is 24.8. The molecule has 0 spiro atoms. The number of nitrogens with zero attached hydrogens (tertiary/aromatic N) is 1. The monoisotopic (exact) mass is 247 g/mol. The highest BCUT2D eigenvalue weighted by molar-refractivity contribution is 5.98. The van der Waals surface area contributed by atoms with E-state index in [2.05, 4.69) is 0 Å². The maximum absolute atomic E-state index is 12.0. The Hall–Kier alpha value is -1.84. The Morgan fingerprint density at radius 2 is 2.00 bits per heavy atom. The summed E-state index contributed by atoms with van der Waals surface area (Å²) in [5.74, 6) is 0.297. The average Bonchev–Trinajstić information content (AvgIpc) is 2.77. The SMILES string of the molecule is Cc1ccc(OC(C)C(=O)N2CCCC2=O)cc1. The highest BCUT2D eigenvalue weighted by atomic mass is 16.5. The van der Waals surface area contributed by atoms with Crippen LogP contribution >= 0.6 is 0 Å². The Morgan fingerprint density at radius 3 is 2.56 bits per heavy atom. The average molecular weight is 247 g/mol. The van der Waals surface area contributed by atoms with Gasteiger partial charge in [0.25, 0.3) is 5.91 Å². The van der Waals surface area contributed by atoms with Gasteiger partial charge in [0.05, 0.1) is 0 Å². The molecule has 0 N–H and O–H groups in total. The van der Waals surface area contributed by atoms with Crippen molar-refractivity contribution in [2.75, 3.05) is 6.54 Å². The number of amides is 2. The summed E-state index contributed by atoms with van der Waals surface area (Å²) in [6.45, 7) is 4.17. The third-order valence-electron chi connectivity index (χ3n) is 3.02. The van der Waals surface area contributed by atoms with Gasteiger partial charge in [0.2, 0.25) is 5.91 Å². The maximum atomic E-state index is 12.0. The van der Waals surface area contributed by atoms with E-state index in [1.54, 1.807) is 6.92 Å². The van der Waals surface area contributed by atoms with Crippen molar-refractivity contribution in [3.8, 4) is 5.75 Å². The van der Waals surface area contributed by atoms with E-state index in [0.29, 0.717) is 18.7 Å². The first-order chi connectivity index (χ1) is 8.58. The number of carbonyl (C=O) groups excluding carboxylic acids is 2. The van der Waals surface area contributed by atoms with Crippen LogP contribution in [0, 0.1) is 6.92 Å². The molecule has 0 bridgehead atoms. The summed E-state index contributed by atoms with van der Waals surface area (Å²) >= 11 is 0. The molecule has 1 heterocycles. The zero-order valence-corrected chi connectivity index (χ0v) is 10.7. The Bertz CT molecular complexity index is 453. The van der Waals surface area contributed by atoms with Crippen LogP contribution in [0.4, 0.5) is 0 Å².